The Morgan fingerprint density at radius 1 is 1.42 bits per heavy atom. The van der Waals surface area contributed by atoms with Crippen LogP contribution in [0, 0.1) is 0 Å². The van der Waals surface area contributed by atoms with Gasteiger partial charge in [0.15, 0.2) is 0 Å². The first-order valence-electron chi connectivity index (χ1n) is 6.08. The Kier molecular flexibility index (Phi) is 4.12. The molecule has 19 heavy (non-hydrogen) atoms. The van der Waals surface area contributed by atoms with Crippen LogP contribution in [0.4, 0.5) is 0 Å². The van der Waals surface area contributed by atoms with Crippen LogP contribution < -0.4 is 5.32 Å². The first kappa shape index (κ1) is 13.1. The van der Waals surface area contributed by atoms with E-state index in [-0.39, 0.29) is 6.61 Å². The van der Waals surface area contributed by atoms with E-state index in [0.717, 1.165) is 11.3 Å². The first-order valence-corrected chi connectivity index (χ1v) is 6.08. The Bertz CT molecular complexity index is 592. The maximum Gasteiger partial charge on any atom is 0.396 e. The molecule has 2 rings (SSSR count). The van der Waals surface area contributed by atoms with E-state index in [1.807, 2.05) is 28.8 Å². The Morgan fingerprint density at radius 2 is 2.26 bits per heavy atom. The van der Waals surface area contributed by atoms with Crippen LogP contribution in [0.5, 0.6) is 0 Å². The zero-order valence-electron chi connectivity index (χ0n) is 10.6. The number of rotatable bonds is 4. The Labute approximate surface area is 110 Å². The minimum atomic E-state index is -0.851. The van der Waals surface area contributed by atoms with E-state index >= 15 is 0 Å². The summed E-state index contributed by atoms with van der Waals surface area (Å²) in [6.45, 7) is 2.19. The van der Waals surface area contributed by atoms with E-state index in [4.69, 9.17) is 0 Å². The molecule has 0 unspecified atom stereocenters. The number of hydrogen-bond donors (Lipinski definition) is 1. The minimum absolute atomic E-state index is 0.192. The summed E-state index contributed by atoms with van der Waals surface area (Å²) in [7, 11) is 0. The van der Waals surface area contributed by atoms with Gasteiger partial charge in [0.1, 0.15) is 5.82 Å². The number of aromatic nitrogens is 2. The Morgan fingerprint density at radius 3 is 3.05 bits per heavy atom. The molecule has 0 saturated heterocycles. The van der Waals surface area contributed by atoms with Crippen LogP contribution in [0.2, 0.25) is 0 Å². The van der Waals surface area contributed by atoms with Gasteiger partial charge in [-0.1, -0.05) is 6.07 Å². The van der Waals surface area contributed by atoms with Crippen molar-refractivity contribution >= 4 is 17.4 Å². The second kappa shape index (κ2) is 5.99. The van der Waals surface area contributed by atoms with Gasteiger partial charge in [0.25, 0.3) is 0 Å². The maximum atomic E-state index is 11.3. The normalized spacial score (nSPS) is 10.4. The van der Waals surface area contributed by atoms with Crippen molar-refractivity contribution in [1.82, 2.24) is 14.7 Å². The number of pyridine rings is 1. The van der Waals surface area contributed by atoms with Gasteiger partial charge in [-0.2, -0.15) is 0 Å². The molecular weight excluding hydrogens is 246 g/mol. The maximum absolute atomic E-state index is 11.3. The van der Waals surface area contributed by atoms with E-state index in [0.29, 0.717) is 13.0 Å². The standard InChI is InChI=1S/C13H15N3O3/c1-2-19-13(18)12(17)14-7-6-11-15-9-10-5-3-4-8-16(10)11/h3-5,8-9H,2,6-7H2,1H3,(H,14,17). The number of nitrogens with one attached hydrogen (secondary N) is 1. The molecule has 2 heterocycles. The molecule has 1 N–H and O–H groups in total. The fraction of sp³-hybridized carbons (Fsp3) is 0.308. The number of esters is 1. The lowest BCUT2D eigenvalue weighted by Gasteiger charge is -2.04. The molecule has 0 radical (unpaired) electrons. The molecule has 0 bridgehead atoms. The minimum Gasteiger partial charge on any atom is -0.459 e. The summed E-state index contributed by atoms with van der Waals surface area (Å²) < 4.78 is 6.53. The number of carbonyl (C=O) groups is 2. The number of imidazole rings is 1. The van der Waals surface area contributed by atoms with E-state index < -0.39 is 11.9 Å². The van der Waals surface area contributed by atoms with Gasteiger partial charge in [-0.15, -0.1) is 0 Å². The molecule has 1 amide bonds. The predicted octanol–water partition coefficient (Wildman–Crippen LogP) is 0.556. The van der Waals surface area contributed by atoms with Crippen molar-refractivity contribution in [1.29, 1.82) is 0 Å². The van der Waals surface area contributed by atoms with Crippen LogP contribution in [0.1, 0.15) is 12.7 Å². The summed E-state index contributed by atoms with van der Waals surface area (Å²) in [4.78, 5) is 26.7. The lowest BCUT2D eigenvalue weighted by Crippen LogP contribution is -2.34. The monoisotopic (exact) mass is 261 g/mol. The number of nitrogens with zero attached hydrogens (tertiary/aromatic N) is 2. The van der Waals surface area contributed by atoms with Gasteiger partial charge in [-0.05, 0) is 19.1 Å². The molecule has 0 aromatic carbocycles. The van der Waals surface area contributed by atoms with Crippen LogP contribution in [-0.4, -0.2) is 34.4 Å². The lowest BCUT2D eigenvalue weighted by molar-refractivity contribution is -0.154. The van der Waals surface area contributed by atoms with Crippen molar-refractivity contribution < 1.29 is 14.3 Å². The van der Waals surface area contributed by atoms with E-state index in [9.17, 15) is 9.59 Å². The molecule has 2 aromatic heterocycles. The SMILES string of the molecule is CCOC(=O)C(=O)NCCc1ncc2ccccn12. The number of amides is 1. The Hall–Kier alpha value is -2.37. The highest BCUT2D eigenvalue weighted by Crippen LogP contribution is 2.05. The summed E-state index contributed by atoms with van der Waals surface area (Å²) in [5, 5.41) is 2.50. The van der Waals surface area contributed by atoms with Crippen LogP contribution in [0.3, 0.4) is 0 Å². The quantitative estimate of drug-likeness (QED) is 0.644. The molecule has 0 aliphatic heterocycles. The topological polar surface area (TPSA) is 72.7 Å². The summed E-state index contributed by atoms with van der Waals surface area (Å²) in [5.41, 5.74) is 0.995. The van der Waals surface area contributed by atoms with E-state index in [2.05, 4.69) is 15.0 Å². The van der Waals surface area contributed by atoms with Crippen molar-refractivity contribution in [2.75, 3.05) is 13.2 Å². The van der Waals surface area contributed by atoms with Crippen LogP contribution >= 0.6 is 0 Å². The predicted molar refractivity (Wildman–Crippen MR) is 68.5 cm³/mol. The molecule has 6 heteroatoms. The summed E-state index contributed by atoms with van der Waals surface area (Å²) in [6, 6.07) is 5.80. The third kappa shape index (κ3) is 3.09. The van der Waals surface area contributed by atoms with Gasteiger partial charge in [-0.25, -0.2) is 9.78 Å². The molecule has 0 aliphatic rings. The molecule has 0 aliphatic carbocycles. The van der Waals surface area contributed by atoms with Gasteiger partial charge in [-0.3, -0.25) is 4.79 Å². The smallest absolute Gasteiger partial charge is 0.396 e. The fourth-order valence-electron chi connectivity index (χ4n) is 1.74. The average molecular weight is 261 g/mol. The number of carbonyl (C=O) groups excluding carboxylic acids is 2. The molecule has 0 spiro atoms. The fourth-order valence-corrected chi connectivity index (χ4v) is 1.74. The second-order valence-corrected chi connectivity index (χ2v) is 3.90. The van der Waals surface area contributed by atoms with E-state index in [1.54, 1.807) is 13.1 Å². The summed E-state index contributed by atoms with van der Waals surface area (Å²) in [6.07, 6.45) is 4.22. The van der Waals surface area contributed by atoms with Crippen molar-refractivity contribution in [2.24, 2.45) is 0 Å². The molecule has 0 saturated carbocycles. The zero-order valence-corrected chi connectivity index (χ0v) is 10.6. The first-order chi connectivity index (χ1) is 9.22. The van der Waals surface area contributed by atoms with Gasteiger partial charge >= 0.3 is 11.9 Å². The van der Waals surface area contributed by atoms with Crippen LogP contribution in [0.15, 0.2) is 30.6 Å². The van der Waals surface area contributed by atoms with Gasteiger partial charge in [0, 0.05) is 19.2 Å². The zero-order chi connectivity index (χ0) is 13.7. The van der Waals surface area contributed by atoms with Gasteiger partial charge in [0.05, 0.1) is 18.3 Å². The number of fused-ring (bicyclic) bond motifs is 1. The third-order valence-electron chi connectivity index (χ3n) is 2.61. The average Bonchev–Trinajstić information content (AvgIpc) is 2.82. The Balaban J connectivity index is 1.89. The van der Waals surface area contributed by atoms with Crippen LogP contribution in [-0.2, 0) is 20.7 Å². The van der Waals surface area contributed by atoms with Crippen molar-refractivity contribution in [3.63, 3.8) is 0 Å². The highest BCUT2D eigenvalue weighted by molar-refractivity contribution is 6.32. The highest BCUT2D eigenvalue weighted by atomic mass is 16.5. The van der Waals surface area contributed by atoms with Crippen molar-refractivity contribution in [2.45, 2.75) is 13.3 Å². The van der Waals surface area contributed by atoms with Gasteiger partial charge in [0.2, 0.25) is 0 Å². The van der Waals surface area contributed by atoms with Crippen LogP contribution in [0.25, 0.3) is 5.52 Å². The molecule has 100 valence electrons. The third-order valence-corrected chi connectivity index (χ3v) is 2.61. The molecular formula is C13H15N3O3. The number of hydrogen-bond acceptors (Lipinski definition) is 4. The molecule has 0 atom stereocenters. The van der Waals surface area contributed by atoms with Gasteiger partial charge < -0.3 is 14.5 Å². The lowest BCUT2D eigenvalue weighted by atomic mass is 10.3. The summed E-state index contributed by atoms with van der Waals surface area (Å²) >= 11 is 0. The molecule has 0 fully saturated rings. The molecule has 6 nitrogen and oxygen atoms in total. The summed E-state index contributed by atoms with van der Waals surface area (Å²) in [5.74, 6) is -0.738. The second-order valence-electron chi connectivity index (χ2n) is 3.90. The van der Waals surface area contributed by atoms with E-state index in [1.165, 1.54) is 0 Å². The van der Waals surface area contributed by atoms with Crippen molar-refractivity contribution in [3.05, 3.63) is 36.4 Å². The molecule has 2 aromatic rings. The highest BCUT2D eigenvalue weighted by Gasteiger charge is 2.13. The van der Waals surface area contributed by atoms with Crippen molar-refractivity contribution in [3.8, 4) is 0 Å². The number of ether oxygens (including phenoxy) is 1. The largest absolute Gasteiger partial charge is 0.459 e.